The van der Waals surface area contributed by atoms with E-state index in [0.717, 1.165) is 24.2 Å². The molecule has 0 aromatic heterocycles. The first-order valence-electron chi connectivity index (χ1n) is 5.96. The van der Waals surface area contributed by atoms with E-state index < -0.39 is 0 Å². The third-order valence-corrected chi connectivity index (χ3v) is 2.84. The van der Waals surface area contributed by atoms with Gasteiger partial charge in [0.2, 0.25) is 0 Å². The van der Waals surface area contributed by atoms with Crippen LogP contribution in [0.15, 0.2) is 18.2 Å². The normalized spacial score (nSPS) is 14.9. The zero-order valence-electron chi connectivity index (χ0n) is 10.0. The number of amides is 1. The molecule has 0 radical (unpaired) electrons. The second kappa shape index (κ2) is 5.19. The third kappa shape index (κ3) is 2.97. The molecule has 3 N–H and O–H groups in total. The molecule has 1 aromatic carbocycles. The maximum Gasteiger partial charge on any atom is 0.251 e. The van der Waals surface area contributed by atoms with Crippen molar-refractivity contribution < 1.29 is 9.53 Å². The van der Waals surface area contributed by atoms with Crippen LogP contribution in [0.1, 0.15) is 29.3 Å². The number of fused-ring (bicyclic) bond motifs is 1. The third-order valence-electron chi connectivity index (χ3n) is 2.84. The van der Waals surface area contributed by atoms with Crippen LogP contribution in [0.3, 0.4) is 0 Å². The predicted molar refractivity (Wildman–Crippen MR) is 66.2 cm³/mol. The van der Waals surface area contributed by atoms with Crippen LogP contribution >= 0.6 is 0 Å². The van der Waals surface area contributed by atoms with Crippen molar-refractivity contribution in [1.29, 1.82) is 0 Å². The van der Waals surface area contributed by atoms with E-state index in [2.05, 4.69) is 5.32 Å². The lowest BCUT2D eigenvalue weighted by atomic mass is 10.1. The second-order valence-electron chi connectivity index (χ2n) is 4.44. The average Bonchev–Trinajstić information content (AvgIpc) is 2.75. The van der Waals surface area contributed by atoms with Gasteiger partial charge in [-0.15, -0.1) is 0 Å². The van der Waals surface area contributed by atoms with Gasteiger partial charge in [0.25, 0.3) is 5.91 Å². The lowest BCUT2D eigenvalue weighted by Crippen LogP contribution is -2.28. The number of hydrogen-bond acceptors (Lipinski definition) is 3. The molecule has 1 heterocycles. The van der Waals surface area contributed by atoms with Crippen molar-refractivity contribution in [2.24, 2.45) is 5.73 Å². The fourth-order valence-electron chi connectivity index (χ4n) is 1.84. The summed E-state index contributed by atoms with van der Waals surface area (Å²) in [5, 5.41) is 2.86. The summed E-state index contributed by atoms with van der Waals surface area (Å²) in [5.74, 6) is 0.859. The Morgan fingerprint density at radius 3 is 3.18 bits per heavy atom. The van der Waals surface area contributed by atoms with Crippen LogP contribution in [-0.4, -0.2) is 25.1 Å². The van der Waals surface area contributed by atoms with E-state index in [4.69, 9.17) is 10.5 Å². The number of nitrogens with two attached hydrogens (primary N) is 1. The van der Waals surface area contributed by atoms with Crippen molar-refractivity contribution in [3.8, 4) is 5.75 Å². The Morgan fingerprint density at radius 2 is 2.41 bits per heavy atom. The number of hydrogen-bond donors (Lipinski definition) is 2. The first-order valence-corrected chi connectivity index (χ1v) is 5.96. The number of benzene rings is 1. The summed E-state index contributed by atoms with van der Waals surface area (Å²) in [5.41, 5.74) is 7.43. The highest BCUT2D eigenvalue weighted by molar-refractivity contribution is 5.94. The summed E-state index contributed by atoms with van der Waals surface area (Å²) in [6.07, 6.45) is 1.68. The maximum absolute atomic E-state index is 11.8. The van der Waals surface area contributed by atoms with Gasteiger partial charge in [0, 0.05) is 24.6 Å². The minimum atomic E-state index is -0.0413. The Balaban J connectivity index is 1.95. The van der Waals surface area contributed by atoms with E-state index in [-0.39, 0.29) is 11.9 Å². The molecular formula is C13H18N2O2. The van der Waals surface area contributed by atoms with Crippen LogP contribution in [0.25, 0.3) is 0 Å². The monoisotopic (exact) mass is 234 g/mol. The Hall–Kier alpha value is -1.55. The van der Waals surface area contributed by atoms with Gasteiger partial charge in [-0.05, 0) is 37.1 Å². The van der Waals surface area contributed by atoms with E-state index in [1.54, 1.807) is 6.07 Å². The van der Waals surface area contributed by atoms with E-state index >= 15 is 0 Å². The Morgan fingerprint density at radius 1 is 1.59 bits per heavy atom. The van der Waals surface area contributed by atoms with E-state index in [0.29, 0.717) is 18.7 Å². The fraction of sp³-hybridized carbons (Fsp3) is 0.462. The van der Waals surface area contributed by atoms with Crippen molar-refractivity contribution in [3.05, 3.63) is 29.3 Å². The smallest absolute Gasteiger partial charge is 0.251 e. The van der Waals surface area contributed by atoms with Crippen LogP contribution in [0.2, 0.25) is 0 Å². The largest absolute Gasteiger partial charge is 0.493 e. The lowest BCUT2D eigenvalue weighted by Gasteiger charge is -2.08. The van der Waals surface area contributed by atoms with Crippen LogP contribution in [0, 0.1) is 0 Å². The first kappa shape index (κ1) is 11.9. The average molecular weight is 234 g/mol. The number of carbonyl (C=O) groups is 1. The van der Waals surface area contributed by atoms with Gasteiger partial charge < -0.3 is 15.8 Å². The predicted octanol–water partition coefficient (Wildman–Crippen LogP) is 1.09. The van der Waals surface area contributed by atoms with Crippen molar-refractivity contribution in [3.63, 3.8) is 0 Å². The summed E-state index contributed by atoms with van der Waals surface area (Å²) in [6.45, 7) is 3.26. The standard InChI is InChI=1S/C13H18N2O2/c1-9(14)4-6-15-13(16)11-2-3-12-10(8-11)5-7-17-12/h2-3,8-9H,4-7,14H2,1H3,(H,15,16). The topological polar surface area (TPSA) is 64.3 Å². The quantitative estimate of drug-likeness (QED) is 0.819. The molecule has 0 saturated heterocycles. The van der Waals surface area contributed by atoms with Gasteiger partial charge in [-0.25, -0.2) is 0 Å². The summed E-state index contributed by atoms with van der Waals surface area (Å²) in [6, 6.07) is 5.68. The summed E-state index contributed by atoms with van der Waals surface area (Å²) in [4.78, 5) is 11.8. The second-order valence-corrected chi connectivity index (χ2v) is 4.44. The van der Waals surface area contributed by atoms with E-state index in [1.165, 1.54) is 0 Å². The van der Waals surface area contributed by atoms with Crippen molar-refractivity contribution in [1.82, 2.24) is 5.32 Å². The summed E-state index contributed by atoms with van der Waals surface area (Å²) < 4.78 is 5.40. The molecule has 2 rings (SSSR count). The Kier molecular flexibility index (Phi) is 3.64. The van der Waals surface area contributed by atoms with Crippen molar-refractivity contribution in [2.45, 2.75) is 25.8 Å². The van der Waals surface area contributed by atoms with Gasteiger partial charge in [-0.2, -0.15) is 0 Å². The van der Waals surface area contributed by atoms with Gasteiger partial charge in [0.15, 0.2) is 0 Å². The van der Waals surface area contributed by atoms with Gasteiger partial charge in [0.1, 0.15) is 5.75 Å². The molecule has 0 aliphatic carbocycles. The fourth-order valence-corrected chi connectivity index (χ4v) is 1.84. The van der Waals surface area contributed by atoms with Crippen LogP contribution in [-0.2, 0) is 6.42 Å². The van der Waals surface area contributed by atoms with Crippen molar-refractivity contribution >= 4 is 5.91 Å². The molecule has 1 aromatic rings. The minimum Gasteiger partial charge on any atom is -0.493 e. The van der Waals surface area contributed by atoms with Gasteiger partial charge in [-0.1, -0.05) is 0 Å². The van der Waals surface area contributed by atoms with Gasteiger partial charge in [0.05, 0.1) is 6.61 Å². The highest BCUT2D eigenvalue weighted by Gasteiger charge is 2.14. The minimum absolute atomic E-state index is 0.0413. The highest BCUT2D eigenvalue weighted by atomic mass is 16.5. The molecule has 0 bridgehead atoms. The molecule has 4 heteroatoms. The summed E-state index contributed by atoms with van der Waals surface area (Å²) in [7, 11) is 0. The molecule has 0 fully saturated rings. The first-order chi connectivity index (χ1) is 8.16. The molecule has 1 aliphatic heterocycles. The number of ether oxygens (including phenoxy) is 1. The molecule has 17 heavy (non-hydrogen) atoms. The molecule has 1 atom stereocenters. The van der Waals surface area contributed by atoms with Gasteiger partial charge >= 0.3 is 0 Å². The molecule has 1 unspecified atom stereocenters. The Bertz CT molecular complexity index is 416. The Labute approximate surface area is 101 Å². The van der Waals surface area contributed by atoms with Crippen molar-refractivity contribution in [2.75, 3.05) is 13.2 Å². The van der Waals surface area contributed by atoms with Gasteiger partial charge in [-0.3, -0.25) is 4.79 Å². The van der Waals surface area contributed by atoms with E-state index in [9.17, 15) is 4.79 Å². The molecular weight excluding hydrogens is 216 g/mol. The molecule has 0 spiro atoms. The van der Waals surface area contributed by atoms with Crippen LogP contribution in [0.4, 0.5) is 0 Å². The number of nitrogens with one attached hydrogen (secondary N) is 1. The lowest BCUT2D eigenvalue weighted by molar-refractivity contribution is 0.0952. The molecule has 92 valence electrons. The summed E-state index contributed by atoms with van der Waals surface area (Å²) >= 11 is 0. The van der Waals surface area contributed by atoms with Crippen LogP contribution in [0.5, 0.6) is 5.75 Å². The SMILES string of the molecule is CC(N)CCNC(=O)c1ccc2c(c1)CCO2. The van der Waals surface area contributed by atoms with E-state index in [1.807, 2.05) is 19.1 Å². The number of carbonyl (C=O) groups excluding carboxylic acids is 1. The molecule has 1 amide bonds. The molecule has 1 aliphatic rings. The zero-order valence-corrected chi connectivity index (χ0v) is 10.0. The number of rotatable bonds is 4. The molecule has 0 saturated carbocycles. The maximum atomic E-state index is 11.8. The van der Waals surface area contributed by atoms with Crippen LogP contribution < -0.4 is 15.8 Å². The molecule has 4 nitrogen and oxygen atoms in total. The highest BCUT2D eigenvalue weighted by Crippen LogP contribution is 2.25. The zero-order chi connectivity index (χ0) is 12.3.